The highest BCUT2D eigenvalue weighted by molar-refractivity contribution is 5.80. The third-order valence-corrected chi connectivity index (χ3v) is 1.23. The van der Waals surface area contributed by atoms with Crippen LogP contribution in [0.1, 0.15) is 8.27 Å². The van der Waals surface area contributed by atoms with Crippen molar-refractivity contribution in [2.45, 2.75) is 25.2 Å². The number of ketones is 1. The standard InChI is InChI=1S/C6H12O5/c1-3(8)5(10)6(11)4(9)2-7/h4-7,9-11H,2H2,1H3/t4-,5+,6-/m1/s1/i1D. The van der Waals surface area contributed by atoms with E-state index < -0.39 is 37.6 Å². The Labute approximate surface area is 65.3 Å². The third kappa shape index (κ3) is 2.94. The fourth-order valence-corrected chi connectivity index (χ4v) is 0.509. The number of carbonyl (C=O) groups excluding carboxylic acids is 1. The number of hydrogen-bond acceptors (Lipinski definition) is 5. The summed E-state index contributed by atoms with van der Waals surface area (Å²) in [4.78, 5) is 10.6. The summed E-state index contributed by atoms with van der Waals surface area (Å²) in [6.07, 6.45) is -5.09. The maximum Gasteiger partial charge on any atom is 0.160 e. The minimum absolute atomic E-state index is 0.670. The molecule has 0 bridgehead atoms. The molecule has 0 rings (SSSR count). The Hall–Kier alpha value is -0.490. The molecular formula is C6H12O5. The van der Waals surface area contributed by atoms with Crippen molar-refractivity contribution >= 4 is 5.78 Å². The Morgan fingerprint density at radius 2 is 2.09 bits per heavy atom. The second kappa shape index (κ2) is 4.40. The van der Waals surface area contributed by atoms with Gasteiger partial charge in [-0.2, -0.15) is 0 Å². The molecule has 0 saturated heterocycles. The molecule has 0 fully saturated rings. The molecule has 3 atom stereocenters. The van der Waals surface area contributed by atoms with Crippen molar-refractivity contribution in [1.29, 1.82) is 0 Å². The molecular weight excluding hydrogens is 152 g/mol. The fourth-order valence-electron chi connectivity index (χ4n) is 0.509. The monoisotopic (exact) mass is 165 g/mol. The summed E-state index contributed by atoms with van der Waals surface area (Å²) in [5, 5.41) is 34.9. The molecule has 4 N–H and O–H groups in total. The van der Waals surface area contributed by atoms with Gasteiger partial charge in [0.2, 0.25) is 0 Å². The van der Waals surface area contributed by atoms with Crippen LogP contribution in [0.15, 0.2) is 0 Å². The molecule has 0 unspecified atom stereocenters. The maximum absolute atomic E-state index is 10.6. The van der Waals surface area contributed by atoms with Crippen LogP contribution in [0.25, 0.3) is 0 Å². The van der Waals surface area contributed by atoms with Crippen molar-refractivity contribution in [1.82, 2.24) is 0 Å². The van der Waals surface area contributed by atoms with Gasteiger partial charge in [-0.05, 0) is 6.90 Å². The molecule has 0 aromatic heterocycles. The predicted molar refractivity (Wildman–Crippen MR) is 35.8 cm³/mol. The number of carbonyl (C=O) groups is 1. The van der Waals surface area contributed by atoms with Crippen LogP contribution in [0.4, 0.5) is 0 Å². The van der Waals surface area contributed by atoms with Gasteiger partial charge < -0.3 is 20.4 Å². The van der Waals surface area contributed by atoms with Gasteiger partial charge in [-0.1, -0.05) is 0 Å². The van der Waals surface area contributed by atoms with Crippen LogP contribution in [-0.2, 0) is 4.79 Å². The number of hydrogen-bond donors (Lipinski definition) is 4. The molecule has 0 spiro atoms. The number of rotatable bonds is 4. The molecule has 11 heavy (non-hydrogen) atoms. The van der Waals surface area contributed by atoms with Gasteiger partial charge in [0.15, 0.2) is 5.78 Å². The highest BCUT2D eigenvalue weighted by Crippen LogP contribution is 2.00. The van der Waals surface area contributed by atoms with Crippen molar-refractivity contribution in [3.05, 3.63) is 0 Å². The average Bonchev–Trinajstić information content (AvgIpc) is 2.12. The van der Waals surface area contributed by atoms with Gasteiger partial charge in [-0.15, -0.1) is 0 Å². The fraction of sp³-hybridized carbons (Fsp3) is 0.833. The molecule has 66 valence electrons. The second-order valence-electron chi connectivity index (χ2n) is 2.15. The lowest BCUT2D eigenvalue weighted by Crippen LogP contribution is -2.42. The van der Waals surface area contributed by atoms with Gasteiger partial charge in [0.25, 0.3) is 0 Å². The normalized spacial score (nSPS) is 20.2. The lowest BCUT2D eigenvalue weighted by atomic mass is 10.1. The quantitative estimate of drug-likeness (QED) is 0.374. The first-order chi connectivity index (χ1) is 5.54. The lowest BCUT2D eigenvalue weighted by Gasteiger charge is -2.18. The van der Waals surface area contributed by atoms with E-state index in [9.17, 15) is 4.79 Å². The van der Waals surface area contributed by atoms with Gasteiger partial charge in [-0.25, -0.2) is 0 Å². The largest absolute Gasteiger partial charge is 0.394 e. The minimum atomic E-state index is -1.80. The summed E-state index contributed by atoms with van der Waals surface area (Å²) < 4.78 is 6.57. The average molecular weight is 165 g/mol. The molecule has 0 radical (unpaired) electrons. The molecule has 0 aromatic rings. The number of aliphatic hydroxyl groups is 4. The number of aliphatic hydroxyl groups excluding tert-OH is 4. The minimum Gasteiger partial charge on any atom is -0.394 e. The van der Waals surface area contributed by atoms with E-state index in [1.807, 2.05) is 0 Å². The van der Waals surface area contributed by atoms with E-state index in [4.69, 9.17) is 21.8 Å². The van der Waals surface area contributed by atoms with E-state index in [0.29, 0.717) is 0 Å². The van der Waals surface area contributed by atoms with Gasteiger partial charge in [0.05, 0.1) is 6.61 Å². The Bertz CT molecular complexity index is 151. The molecule has 0 saturated carbocycles. The van der Waals surface area contributed by atoms with Gasteiger partial charge >= 0.3 is 0 Å². The molecule has 5 heteroatoms. The van der Waals surface area contributed by atoms with E-state index in [2.05, 4.69) is 0 Å². The van der Waals surface area contributed by atoms with Gasteiger partial charge in [0, 0.05) is 1.37 Å². The summed E-state index contributed by atoms with van der Waals surface area (Å²) in [6, 6.07) is 0. The van der Waals surface area contributed by atoms with Crippen LogP contribution in [0.5, 0.6) is 0 Å². The molecule has 0 amide bonds. The molecule has 0 aliphatic heterocycles. The van der Waals surface area contributed by atoms with Crippen molar-refractivity contribution in [2.24, 2.45) is 0 Å². The number of Topliss-reactive ketones (excluding diaryl/α,β-unsaturated/α-hetero) is 1. The first-order valence-electron chi connectivity index (χ1n) is 3.72. The maximum atomic E-state index is 10.6. The lowest BCUT2D eigenvalue weighted by molar-refractivity contribution is -0.137. The van der Waals surface area contributed by atoms with Gasteiger partial charge in [-0.3, -0.25) is 4.79 Å². The summed E-state index contributed by atoms with van der Waals surface area (Å²) >= 11 is 0. The van der Waals surface area contributed by atoms with E-state index >= 15 is 0 Å². The molecule has 5 nitrogen and oxygen atoms in total. The van der Waals surface area contributed by atoms with Crippen LogP contribution in [0.3, 0.4) is 0 Å². The smallest absolute Gasteiger partial charge is 0.160 e. The Balaban J connectivity index is 4.08. The summed E-state index contributed by atoms with van der Waals surface area (Å²) in [6.45, 7) is -1.42. The van der Waals surface area contributed by atoms with Crippen molar-refractivity contribution in [3.8, 4) is 0 Å². The SMILES string of the molecule is [2H]CC(=O)[C@H](O)[C@H](O)[C@H](O)CO. The molecule has 0 aromatic carbocycles. The Morgan fingerprint density at radius 3 is 2.45 bits per heavy atom. The van der Waals surface area contributed by atoms with E-state index in [1.165, 1.54) is 0 Å². The van der Waals surface area contributed by atoms with Crippen molar-refractivity contribution < 1.29 is 26.6 Å². The Morgan fingerprint density at radius 1 is 1.55 bits per heavy atom. The highest BCUT2D eigenvalue weighted by Gasteiger charge is 2.26. The van der Waals surface area contributed by atoms with Crippen LogP contribution < -0.4 is 0 Å². The Kier molecular flexibility index (Phi) is 3.44. The van der Waals surface area contributed by atoms with Crippen LogP contribution in [0.2, 0.25) is 0 Å². The second-order valence-corrected chi connectivity index (χ2v) is 2.15. The molecule has 0 aliphatic rings. The predicted octanol–water partition coefficient (Wildman–Crippen LogP) is -2.35. The van der Waals surface area contributed by atoms with E-state index in [-0.39, 0.29) is 0 Å². The van der Waals surface area contributed by atoms with Crippen LogP contribution in [-0.4, -0.2) is 51.1 Å². The molecule has 0 aliphatic carbocycles. The topological polar surface area (TPSA) is 98.0 Å². The van der Waals surface area contributed by atoms with E-state index in [1.54, 1.807) is 0 Å². The van der Waals surface area contributed by atoms with Crippen LogP contribution in [0, 0.1) is 0 Å². The summed E-state index contributed by atoms with van der Waals surface area (Å²) in [7, 11) is 0. The van der Waals surface area contributed by atoms with Crippen LogP contribution >= 0.6 is 0 Å². The zero-order valence-corrected chi connectivity index (χ0v) is 5.84. The first-order valence-corrected chi connectivity index (χ1v) is 3.01. The first kappa shape index (κ1) is 8.61. The summed E-state index contributed by atoms with van der Waals surface area (Å²) in [5.74, 6) is -0.894. The molecule has 0 heterocycles. The third-order valence-electron chi connectivity index (χ3n) is 1.23. The van der Waals surface area contributed by atoms with Crippen molar-refractivity contribution in [3.63, 3.8) is 0 Å². The van der Waals surface area contributed by atoms with Gasteiger partial charge in [0.1, 0.15) is 18.3 Å². The zero-order chi connectivity index (χ0) is 9.72. The van der Waals surface area contributed by atoms with E-state index in [0.717, 1.165) is 0 Å². The summed E-state index contributed by atoms with van der Waals surface area (Å²) in [5.41, 5.74) is 0. The highest BCUT2D eigenvalue weighted by atomic mass is 16.4. The zero-order valence-electron chi connectivity index (χ0n) is 6.84. The van der Waals surface area contributed by atoms with Crippen molar-refractivity contribution in [2.75, 3.05) is 6.61 Å².